The van der Waals surface area contributed by atoms with E-state index in [1.54, 1.807) is 6.08 Å². The Hall–Kier alpha value is -1.20. The minimum atomic E-state index is -5.46. The molecule has 0 saturated heterocycles. The van der Waals surface area contributed by atoms with Crippen molar-refractivity contribution < 1.29 is 89.4 Å². The van der Waals surface area contributed by atoms with E-state index in [0.29, 0.717) is 13.2 Å². The number of aliphatic hydroxyl groups excluding tert-OH is 4. The monoisotopic (exact) mass is 638 g/mol. The van der Waals surface area contributed by atoms with Gasteiger partial charge < -0.3 is 53.6 Å². The molecule has 4 N–H and O–H groups in total. The molecule has 0 aliphatic rings. The summed E-state index contributed by atoms with van der Waals surface area (Å²) in [7, 11) is 0. The van der Waals surface area contributed by atoms with Gasteiger partial charge in [0.15, 0.2) is 0 Å². The largest absolute Gasteiger partial charge is 0.495 e. The third-order valence-corrected chi connectivity index (χ3v) is 4.15. The zero-order valence-electron chi connectivity index (χ0n) is 22.9. The number of aliphatic hydroxyl groups is 4. The minimum Gasteiger partial charge on any atom is -0.394 e. The first kappa shape index (κ1) is 40.8. The van der Waals surface area contributed by atoms with E-state index < -0.39 is 69.9 Å². The Bertz CT molecular complexity index is 666. The molecule has 0 aliphatic heterocycles. The Labute approximate surface area is 238 Å². The van der Waals surface area contributed by atoms with Gasteiger partial charge in [0.25, 0.3) is 0 Å². The van der Waals surface area contributed by atoms with Crippen molar-refractivity contribution in [1.29, 1.82) is 0 Å². The van der Waals surface area contributed by atoms with Gasteiger partial charge in [0, 0.05) is 0 Å². The van der Waals surface area contributed by atoms with Crippen molar-refractivity contribution in [2.24, 2.45) is 0 Å². The average Bonchev–Trinajstić information content (AvgIpc) is 2.86. The van der Waals surface area contributed by atoms with Crippen molar-refractivity contribution in [3.05, 3.63) is 12.7 Å². The van der Waals surface area contributed by atoms with Crippen LogP contribution < -0.4 is 0 Å². The predicted octanol–water partition coefficient (Wildman–Crippen LogP) is 0.133. The summed E-state index contributed by atoms with van der Waals surface area (Å²) in [6.07, 6.45) is -17.0. The lowest BCUT2D eigenvalue weighted by atomic mass is 10.4. The van der Waals surface area contributed by atoms with Crippen LogP contribution in [0.5, 0.6) is 0 Å². The fraction of sp³-hybridized carbons (Fsp3) is 0.913. The van der Waals surface area contributed by atoms with Crippen LogP contribution >= 0.6 is 0 Å². The Morgan fingerprint density at radius 3 is 1.40 bits per heavy atom. The third-order valence-electron chi connectivity index (χ3n) is 4.15. The first-order valence-electron chi connectivity index (χ1n) is 12.6. The summed E-state index contributed by atoms with van der Waals surface area (Å²) < 4.78 is 121. The lowest BCUT2D eigenvalue weighted by molar-refractivity contribution is -0.518. The van der Waals surface area contributed by atoms with E-state index in [2.05, 4.69) is 25.5 Å². The first-order chi connectivity index (χ1) is 19.7. The Morgan fingerprint density at radius 1 is 0.548 bits per heavy atom. The molecule has 0 aromatic rings. The van der Waals surface area contributed by atoms with E-state index in [1.807, 2.05) is 0 Å². The van der Waals surface area contributed by atoms with Crippen LogP contribution in [0.2, 0.25) is 0 Å². The van der Waals surface area contributed by atoms with Crippen LogP contribution in [-0.4, -0.2) is 156 Å². The molecule has 0 aromatic heterocycles. The van der Waals surface area contributed by atoms with Crippen LogP contribution in [0, 0.1) is 0 Å². The molecule has 0 aliphatic carbocycles. The smallest absolute Gasteiger partial charge is 0.394 e. The molecule has 0 saturated carbocycles. The van der Waals surface area contributed by atoms with Crippen molar-refractivity contribution in [2.75, 3.05) is 99.1 Å². The van der Waals surface area contributed by atoms with Gasteiger partial charge in [-0.05, 0) is 0 Å². The summed E-state index contributed by atoms with van der Waals surface area (Å²) in [6.45, 7) is -2.57. The van der Waals surface area contributed by atoms with E-state index in [0.717, 1.165) is 0 Å². The molecule has 3 atom stereocenters. The molecule has 0 rings (SSSR count). The minimum absolute atomic E-state index is 0.0287. The SMILES string of the molecule is C=CCOCCOCC(O)COCC(O)COCCOCC(F)(F)OC(F)(F)OC(F)(F)COCC(O)COCCO. The highest BCUT2D eigenvalue weighted by molar-refractivity contribution is 4.63. The van der Waals surface area contributed by atoms with Crippen molar-refractivity contribution in [1.82, 2.24) is 0 Å². The molecule has 0 amide bonds. The Morgan fingerprint density at radius 2 is 0.929 bits per heavy atom. The van der Waals surface area contributed by atoms with Gasteiger partial charge in [-0.25, -0.2) is 9.47 Å². The van der Waals surface area contributed by atoms with E-state index in [-0.39, 0.29) is 52.9 Å². The molecule has 0 fully saturated rings. The van der Waals surface area contributed by atoms with Gasteiger partial charge in [0.2, 0.25) is 0 Å². The van der Waals surface area contributed by atoms with Gasteiger partial charge in [-0.15, -0.1) is 15.4 Å². The van der Waals surface area contributed by atoms with Crippen LogP contribution in [0.25, 0.3) is 0 Å². The molecule has 0 radical (unpaired) electrons. The van der Waals surface area contributed by atoms with Crippen molar-refractivity contribution in [2.45, 2.75) is 36.8 Å². The van der Waals surface area contributed by atoms with Crippen molar-refractivity contribution in [3.63, 3.8) is 0 Å². The van der Waals surface area contributed by atoms with Crippen molar-refractivity contribution in [3.8, 4) is 0 Å². The van der Waals surface area contributed by atoms with Gasteiger partial charge in [0.05, 0.1) is 85.9 Å². The standard InChI is InChI=1S/C23H40F6O13/c1-2-4-34-6-7-36-11-18(31)13-39-14-19(32)12-37-8-9-38-16-21(24,25)41-23(28,29)42-22(26,27)17-40-15-20(33)10-35-5-3-30/h2,18-20,30-33H,1,3-17H2. The van der Waals surface area contributed by atoms with E-state index in [1.165, 1.54) is 0 Å². The maximum absolute atomic E-state index is 13.6. The number of halogens is 6. The molecular formula is C23H40F6O13. The molecule has 0 spiro atoms. The zero-order chi connectivity index (χ0) is 31.9. The average molecular weight is 639 g/mol. The predicted molar refractivity (Wildman–Crippen MR) is 128 cm³/mol. The molecule has 13 nitrogen and oxygen atoms in total. The fourth-order valence-corrected chi connectivity index (χ4v) is 2.54. The molecule has 0 aromatic carbocycles. The molecule has 42 heavy (non-hydrogen) atoms. The van der Waals surface area contributed by atoms with E-state index >= 15 is 0 Å². The molecule has 252 valence electrons. The fourth-order valence-electron chi connectivity index (χ4n) is 2.54. The highest BCUT2D eigenvalue weighted by atomic mass is 19.3. The third kappa shape index (κ3) is 25.3. The van der Waals surface area contributed by atoms with Gasteiger partial charge in [0.1, 0.15) is 31.5 Å². The van der Waals surface area contributed by atoms with Gasteiger partial charge in [-0.3, -0.25) is 0 Å². The summed E-state index contributed by atoms with van der Waals surface area (Å²) in [5.41, 5.74) is 0. The molecule has 3 unspecified atom stereocenters. The van der Waals surface area contributed by atoms with Crippen LogP contribution in [0.15, 0.2) is 12.7 Å². The summed E-state index contributed by atoms with van der Waals surface area (Å²) >= 11 is 0. The quantitative estimate of drug-likeness (QED) is 0.0364. The van der Waals surface area contributed by atoms with E-state index in [4.69, 9.17) is 28.8 Å². The molecule has 0 heterocycles. The number of ether oxygens (including phenoxy) is 9. The molecule has 19 heteroatoms. The summed E-state index contributed by atoms with van der Waals surface area (Å²) in [5.74, 6) is 0. The number of alkyl halides is 6. The van der Waals surface area contributed by atoms with Crippen LogP contribution in [0.4, 0.5) is 26.3 Å². The lowest BCUT2D eigenvalue weighted by Crippen LogP contribution is -2.44. The van der Waals surface area contributed by atoms with Crippen LogP contribution in [0.1, 0.15) is 0 Å². The normalized spacial score (nSPS) is 15.1. The second-order valence-corrected chi connectivity index (χ2v) is 8.32. The van der Waals surface area contributed by atoms with Gasteiger partial charge >= 0.3 is 18.5 Å². The molecular weight excluding hydrogens is 598 g/mol. The van der Waals surface area contributed by atoms with E-state index in [9.17, 15) is 41.7 Å². The van der Waals surface area contributed by atoms with Gasteiger partial charge in [-0.1, -0.05) is 6.08 Å². The lowest BCUT2D eigenvalue weighted by Gasteiger charge is -2.26. The Kier molecular flexibility index (Phi) is 22.6. The van der Waals surface area contributed by atoms with Gasteiger partial charge in [-0.2, -0.15) is 17.6 Å². The zero-order valence-corrected chi connectivity index (χ0v) is 22.9. The maximum atomic E-state index is 13.6. The Balaban J connectivity index is 4.03. The molecule has 0 bridgehead atoms. The van der Waals surface area contributed by atoms with Crippen molar-refractivity contribution >= 4 is 0 Å². The topological polar surface area (TPSA) is 164 Å². The number of rotatable bonds is 30. The number of hydrogen-bond donors (Lipinski definition) is 4. The van der Waals surface area contributed by atoms with Crippen LogP contribution in [-0.2, 0) is 42.6 Å². The summed E-state index contributed by atoms with van der Waals surface area (Å²) in [5, 5.41) is 37.3. The van der Waals surface area contributed by atoms with Crippen LogP contribution in [0.3, 0.4) is 0 Å². The second kappa shape index (κ2) is 23.2. The highest BCUT2D eigenvalue weighted by Gasteiger charge is 2.52. The second-order valence-electron chi connectivity index (χ2n) is 8.32. The summed E-state index contributed by atoms with van der Waals surface area (Å²) in [4.78, 5) is 0. The summed E-state index contributed by atoms with van der Waals surface area (Å²) in [6, 6.07) is 0. The highest BCUT2D eigenvalue weighted by Crippen LogP contribution is 2.33. The maximum Gasteiger partial charge on any atom is 0.495 e. The first-order valence-corrected chi connectivity index (χ1v) is 12.6. The number of hydrogen-bond acceptors (Lipinski definition) is 13.